The minimum Gasteiger partial charge on any atom is -0.508 e. The van der Waals surface area contributed by atoms with Crippen LogP contribution in [0, 0.1) is 0 Å². The molecule has 84 valence electrons. The molecule has 0 unspecified atom stereocenters. The van der Waals surface area contributed by atoms with Crippen molar-refractivity contribution < 1.29 is 9.84 Å². The van der Waals surface area contributed by atoms with E-state index in [9.17, 15) is 4.79 Å². The first-order valence-corrected chi connectivity index (χ1v) is 5.28. The number of pyridine rings is 1. The highest BCUT2D eigenvalue weighted by Crippen LogP contribution is 2.12. The van der Waals surface area contributed by atoms with Crippen molar-refractivity contribution in [1.82, 2.24) is 4.98 Å². The predicted molar refractivity (Wildman–Crippen MR) is 58.4 cm³/mol. The minimum absolute atomic E-state index is 0.0673. The fourth-order valence-electron chi connectivity index (χ4n) is 1.29. The van der Waals surface area contributed by atoms with E-state index in [0.717, 1.165) is 18.9 Å². The Bertz CT molecular complexity index is 346. The second-order valence-corrected chi connectivity index (χ2v) is 3.48. The molecule has 0 bridgehead atoms. The van der Waals surface area contributed by atoms with Crippen molar-refractivity contribution in [2.75, 3.05) is 6.61 Å². The molecule has 0 saturated heterocycles. The van der Waals surface area contributed by atoms with Crippen LogP contribution in [0.4, 0.5) is 0 Å². The molecule has 0 radical (unpaired) electrons. The van der Waals surface area contributed by atoms with Crippen LogP contribution >= 0.6 is 0 Å². The third-order valence-electron chi connectivity index (χ3n) is 2.06. The molecule has 0 aliphatic heterocycles. The summed E-state index contributed by atoms with van der Waals surface area (Å²) in [6.07, 6.45) is 4.47. The van der Waals surface area contributed by atoms with E-state index >= 15 is 0 Å². The van der Waals surface area contributed by atoms with Gasteiger partial charge in [0.2, 0.25) is 0 Å². The summed E-state index contributed by atoms with van der Waals surface area (Å²) in [6, 6.07) is 2.52. The lowest BCUT2D eigenvalue weighted by atomic mass is 10.2. The second kappa shape index (κ2) is 6.11. The Balaban J connectivity index is 2.34. The molecule has 0 aliphatic carbocycles. The van der Waals surface area contributed by atoms with E-state index in [1.54, 1.807) is 0 Å². The van der Waals surface area contributed by atoms with E-state index in [1.165, 1.54) is 18.9 Å². The highest BCUT2D eigenvalue weighted by atomic mass is 16.5. The van der Waals surface area contributed by atoms with Crippen LogP contribution < -0.4 is 10.3 Å². The number of hydrogen-bond donors (Lipinski definition) is 2. The third kappa shape index (κ3) is 4.54. The summed E-state index contributed by atoms with van der Waals surface area (Å²) in [5, 5.41) is 9.13. The monoisotopic (exact) mass is 211 g/mol. The number of nitrogens with one attached hydrogen (secondary N) is 1. The summed E-state index contributed by atoms with van der Waals surface area (Å²) in [7, 11) is 0. The van der Waals surface area contributed by atoms with Crippen molar-refractivity contribution in [2.45, 2.75) is 32.6 Å². The van der Waals surface area contributed by atoms with Crippen LogP contribution in [0.15, 0.2) is 16.9 Å². The van der Waals surface area contributed by atoms with E-state index in [1.807, 2.05) is 0 Å². The van der Waals surface area contributed by atoms with Gasteiger partial charge in [-0.1, -0.05) is 26.2 Å². The van der Waals surface area contributed by atoms with Crippen LogP contribution in [0.2, 0.25) is 0 Å². The third-order valence-corrected chi connectivity index (χ3v) is 2.06. The van der Waals surface area contributed by atoms with Crippen LogP contribution in [0.5, 0.6) is 11.6 Å². The fourth-order valence-corrected chi connectivity index (χ4v) is 1.29. The Morgan fingerprint density at radius 2 is 2.13 bits per heavy atom. The molecule has 0 aliphatic rings. The summed E-state index contributed by atoms with van der Waals surface area (Å²) in [4.78, 5) is 13.5. The normalized spacial score (nSPS) is 10.2. The highest BCUT2D eigenvalue weighted by molar-refractivity contribution is 5.24. The average Bonchev–Trinajstić information content (AvgIpc) is 2.16. The lowest BCUT2D eigenvalue weighted by Crippen LogP contribution is -2.07. The molecule has 4 heteroatoms. The summed E-state index contributed by atoms with van der Waals surface area (Å²) in [5.74, 6) is 0.263. The highest BCUT2D eigenvalue weighted by Gasteiger charge is 1.98. The van der Waals surface area contributed by atoms with Gasteiger partial charge in [0.05, 0.1) is 6.61 Å². The molecule has 1 rings (SSSR count). The fraction of sp³-hybridized carbons (Fsp3) is 0.545. The maximum atomic E-state index is 11.0. The first kappa shape index (κ1) is 11.6. The molecule has 1 aromatic rings. The number of aromatic hydroxyl groups is 1. The predicted octanol–water partition coefficient (Wildman–Crippen LogP) is 2.04. The largest absolute Gasteiger partial charge is 0.508 e. The number of hydrogen-bond acceptors (Lipinski definition) is 3. The summed E-state index contributed by atoms with van der Waals surface area (Å²) >= 11 is 0. The Morgan fingerprint density at radius 3 is 2.80 bits per heavy atom. The number of unbranched alkanes of at least 4 members (excludes halogenated alkanes) is 3. The molecule has 0 spiro atoms. The lowest BCUT2D eigenvalue weighted by molar-refractivity contribution is 0.291. The zero-order valence-corrected chi connectivity index (χ0v) is 8.95. The van der Waals surface area contributed by atoms with Crippen molar-refractivity contribution in [3.8, 4) is 11.6 Å². The van der Waals surface area contributed by atoms with Gasteiger partial charge < -0.3 is 9.84 Å². The van der Waals surface area contributed by atoms with E-state index in [-0.39, 0.29) is 11.3 Å². The van der Waals surface area contributed by atoms with Gasteiger partial charge in [0, 0.05) is 12.1 Å². The summed E-state index contributed by atoms with van der Waals surface area (Å²) in [5.41, 5.74) is -0.349. The molecule has 0 saturated carbocycles. The van der Waals surface area contributed by atoms with Crippen LogP contribution in [0.1, 0.15) is 32.6 Å². The maximum Gasteiger partial charge on any atom is 0.254 e. The second-order valence-electron chi connectivity index (χ2n) is 3.48. The first-order valence-electron chi connectivity index (χ1n) is 5.28. The molecule has 0 atom stereocenters. The van der Waals surface area contributed by atoms with Crippen LogP contribution in [-0.4, -0.2) is 16.7 Å². The molecule has 1 heterocycles. The van der Waals surface area contributed by atoms with Crippen LogP contribution in [0.3, 0.4) is 0 Å². The SMILES string of the molecule is CCCCCCOc1cc(O)cc(=O)[nH]1. The molecule has 0 amide bonds. The zero-order chi connectivity index (χ0) is 11.1. The Morgan fingerprint density at radius 1 is 1.33 bits per heavy atom. The van der Waals surface area contributed by atoms with E-state index in [0.29, 0.717) is 12.5 Å². The van der Waals surface area contributed by atoms with Gasteiger partial charge in [0.25, 0.3) is 5.56 Å². The molecule has 15 heavy (non-hydrogen) atoms. The van der Waals surface area contributed by atoms with E-state index in [4.69, 9.17) is 9.84 Å². The summed E-state index contributed by atoms with van der Waals surface area (Å²) < 4.78 is 5.30. The lowest BCUT2D eigenvalue weighted by Gasteiger charge is -2.05. The molecular formula is C11H17NO3. The van der Waals surface area contributed by atoms with Gasteiger partial charge in [-0.05, 0) is 6.42 Å². The maximum absolute atomic E-state index is 11.0. The number of H-pyrrole nitrogens is 1. The zero-order valence-electron chi connectivity index (χ0n) is 8.95. The molecule has 0 aromatic carbocycles. The molecular weight excluding hydrogens is 194 g/mol. The van der Waals surface area contributed by atoms with Gasteiger partial charge >= 0.3 is 0 Å². The van der Waals surface area contributed by atoms with Gasteiger partial charge in [-0.25, -0.2) is 0 Å². The topological polar surface area (TPSA) is 62.3 Å². The standard InChI is InChI=1S/C11H17NO3/c1-2-3-4-5-6-15-11-8-9(13)7-10(14)12-11/h7-8H,2-6H2,1H3,(H2,12,13,14). The Labute approximate surface area is 88.9 Å². The summed E-state index contributed by atoms with van der Waals surface area (Å²) in [6.45, 7) is 2.72. The Kier molecular flexibility index (Phi) is 4.74. The molecule has 4 nitrogen and oxygen atoms in total. The number of ether oxygens (including phenoxy) is 1. The number of aromatic nitrogens is 1. The average molecular weight is 211 g/mol. The quantitative estimate of drug-likeness (QED) is 0.708. The molecule has 2 N–H and O–H groups in total. The van der Waals surface area contributed by atoms with Crippen molar-refractivity contribution in [3.05, 3.63) is 22.5 Å². The molecule has 0 fully saturated rings. The van der Waals surface area contributed by atoms with E-state index in [2.05, 4.69) is 11.9 Å². The van der Waals surface area contributed by atoms with Gasteiger partial charge in [-0.15, -0.1) is 0 Å². The van der Waals surface area contributed by atoms with Crippen molar-refractivity contribution in [1.29, 1.82) is 0 Å². The number of rotatable bonds is 6. The first-order chi connectivity index (χ1) is 7.22. The van der Waals surface area contributed by atoms with Gasteiger partial charge in [-0.2, -0.15) is 0 Å². The Hall–Kier alpha value is -1.45. The van der Waals surface area contributed by atoms with Crippen molar-refractivity contribution in [2.24, 2.45) is 0 Å². The minimum atomic E-state index is -0.349. The van der Waals surface area contributed by atoms with Crippen molar-refractivity contribution in [3.63, 3.8) is 0 Å². The van der Waals surface area contributed by atoms with Gasteiger partial charge in [0.1, 0.15) is 5.75 Å². The number of aromatic amines is 1. The van der Waals surface area contributed by atoms with E-state index < -0.39 is 0 Å². The van der Waals surface area contributed by atoms with Crippen LogP contribution in [-0.2, 0) is 0 Å². The van der Waals surface area contributed by atoms with Gasteiger partial charge in [0.15, 0.2) is 5.88 Å². The molecule has 1 aromatic heterocycles. The van der Waals surface area contributed by atoms with Gasteiger partial charge in [-0.3, -0.25) is 9.78 Å². The smallest absolute Gasteiger partial charge is 0.254 e. The van der Waals surface area contributed by atoms with Crippen LogP contribution in [0.25, 0.3) is 0 Å². The van der Waals surface area contributed by atoms with Crippen molar-refractivity contribution >= 4 is 0 Å².